The van der Waals surface area contributed by atoms with Crippen LogP contribution in [-0.2, 0) is 0 Å². The van der Waals surface area contributed by atoms with Crippen LogP contribution in [0.4, 0.5) is 11.5 Å². The molecule has 0 aliphatic carbocycles. The molecule has 1 aromatic carbocycles. The van der Waals surface area contributed by atoms with Gasteiger partial charge in [-0.3, -0.25) is 4.79 Å². The molecule has 7 heteroatoms. The molecule has 2 saturated heterocycles. The van der Waals surface area contributed by atoms with E-state index < -0.39 is 0 Å². The summed E-state index contributed by atoms with van der Waals surface area (Å²) in [4.78, 5) is 30.5. The fourth-order valence-electron chi connectivity index (χ4n) is 4.05. The van der Waals surface area contributed by atoms with Crippen LogP contribution in [0.1, 0.15) is 21.6 Å². The number of benzene rings is 1. The lowest BCUT2D eigenvalue weighted by Crippen LogP contribution is -2.49. The van der Waals surface area contributed by atoms with E-state index in [1.165, 1.54) is 23.1 Å². The molecule has 0 unspecified atom stereocenters. The number of hydrogen-bond donors (Lipinski definition) is 0. The third-order valence-electron chi connectivity index (χ3n) is 5.97. The molecule has 7 nitrogen and oxygen atoms in total. The Morgan fingerprint density at radius 1 is 0.862 bits per heavy atom. The van der Waals surface area contributed by atoms with Crippen molar-refractivity contribution in [1.29, 1.82) is 0 Å². The predicted molar refractivity (Wildman–Crippen MR) is 116 cm³/mol. The molecule has 3 heterocycles. The second-order valence-electron chi connectivity index (χ2n) is 8.12. The van der Waals surface area contributed by atoms with E-state index in [1.54, 1.807) is 0 Å². The van der Waals surface area contributed by atoms with Gasteiger partial charge in [0, 0.05) is 64.1 Å². The summed E-state index contributed by atoms with van der Waals surface area (Å²) in [6, 6.07) is 8.40. The van der Waals surface area contributed by atoms with E-state index in [-0.39, 0.29) is 5.91 Å². The first-order valence-corrected chi connectivity index (χ1v) is 10.4. The molecule has 4 rings (SSSR count). The summed E-state index contributed by atoms with van der Waals surface area (Å²) >= 11 is 0. The third kappa shape index (κ3) is 4.34. The maximum atomic E-state index is 13.0. The van der Waals surface area contributed by atoms with Crippen molar-refractivity contribution in [3.8, 4) is 0 Å². The smallest absolute Gasteiger partial charge is 0.272 e. The molecule has 29 heavy (non-hydrogen) atoms. The van der Waals surface area contributed by atoms with Crippen molar-refractivity contribution in [3.63, 3.8) is 0 Å². The minimum absolute atomic E-state index is 0.00314. The maximum absolute atomic E-state index is 13.0. The van der Waals surface area contributed by atoms with Crippen molar-refractivity contribution in [2.45, 2.75) is 13.8 Å². The van der Waals surface area contributed by atoms with E-state index in [4.69, 9.17) is 0 Å². The number of piperazine rings is 2. The van der Waals surface area contributed by atoms with Crippen molar-refractivity contribution in [2.75, 3.05) is 69.2 Å². The quantitative estimate of drug-likeness (QED) is 0.791. The molecule has 154 valence electrons. The Morgan fingerprint density at radius 3 is 2.28 bits per heavy atom. The fraction of sp³-hybridized carbons (Fsp3) is 0.500. The van der Waals surface area contributed by atoms with Crippen LogP contribution in [0.2, 0.25) is 0 Å². The standard InChI is InChI=1S/C22H30N6O/c1-17-4-5-18(2)20(14-17)26-10-12-28(13-11-26)22(29)19-15-21(24-16-23-19)27-8-6-25(3)7-9-27/h4-5,14-16H,6-13H2,1-3H3. The van der Waals surface area contributed by atoms with Crippen LogP contribution >= 0.6 is 0 Å². The predicted octanol–water partition coefficient (Wildman–Crippen LogP) is 1.81. The maximum Gasteiger partial charge on any atom is 0.272 e. The minimum atomic E-state index is 0.00314. The average Bonchev–Trinajstić information content (AvgIpc) is 2.76. The van der Waals surface area contributed by atoms with E-state index in [1.807, 2.05) is 11.0 Å². The molecule has 0 N–H and O–H groups in total. The Labute approximate surface area is 172 Å². The first-order chi connectivity index (χ1) is 14.0. The van der Waals surface area contributed by atoms with Crippen LogP contribution in [0.15, 0.2) is 30.6 Å². The fourth-order valence-corrected chi connectivity index (χ4v) is 4.05. The van der Waals surface area contributed by atoms with E-state index in [9.17, 15) is 4.79 Å². The van der Waals surface area contributed by atoms with Gasteiger partial charge in [-0.15, -0.1) is 0 Å². The second kappa shape index (κ2) is 8.37. The number of rotatable bonds is 3. The van der Waals surface area contributed by atoms with Gasteiger partial charge in [-0.1, -0.05) is 12.1 Å². The van der Waals surface area contributed by atoms with E-state index in [0.29, 0.717) is 18.8 Å². The highest BCUT2D eigenvalue weighted by Crippen LogP contribution is 2.23. The highest BCUT2D eigenvalue weighted by atomic mass is 16.2. The van der Waals surface area contributed by atoms with Crippen LogP contribution in [0, 0.1) is 13.8 Å². The van der Waals surface area contributed by atoms with Crippen LogP contribution in [0.5, 0.6) is 0 Å². The summed E-state index contributed by atoms with van der Waals surface area (Å²) in [5.41, 5.74) is 4.31. The van der Waals surface area contributed by atoms with Gasteiger partial charge in [-0.25, -0.2) is 9.97 Å². The van der Waals surface area contributed by atoms with Crippen molar-refractivity contribution < 1.29 is 4.79 Å². The average molecular weight is 395 g/mol. The van der Waals surface area contributed by atoms with Gasteiger partial charge in [0.15, 0.2) is 0 Å². The summed E-state index contributed by atoms with van der Waals surface area (Å²) in [5, 5.41) is 0. The summed E-state index contributed by atoms with van der Waals surface area (Å²) in [6.07, 6.45) is 1.52. The zero-order valence-corrected chi connectivity index (χ0v) is 17.6. The van der Waals surface area contributed by atoms with Crippen LogP contribution in [0.3, 0.4) is 0 Å². The number of aryl methyl sites for hydroxylation is 2. The second-order valence-corrected chi connectivity index (χ2v) is 8.12. The summed E-state index contributed by atoms with van der Waals surface area (Å²) in [5.74, 6) is 0.855. The minimum Gasteiger partial charge on any atom is -0.368 e. The number of nitrogens with zero attached hydrogens (tertiary/aromatic N) is 6. The molecule has 0 bridgehead atoms. The van der Waals surface area contributed by atoms with Gasteiger partial charge in [-0.05, 0) is 38.1 Å². The monoisotopic (exact) mass is 394 g/mol. The highest BCUT2D eigenvalue weighted by molar-refractivity contribution is 5.93. The number of carbonyl (C=O) groups excluding carboxylic acids is 1. The van der Waals surface area contributed by atoms with Crippen molar-refractivity contribution in [2.24, 2.45) is 0 Å². The van der Waals surface area contributed by atoms with Gasteiger partial charge in [-0.2, -0.15) is 0 Å². The molecule has 2 aliphatic rings. The Bertz CT molecular complexity index is 869. The lowest BCUT2D eigenvalue weighted by atomic mass is 10.1. The Kier molecular flexibility index (Phi) is 5.67. The van der Waals surface area contributed by atoms with E-state index in [0.717, 1.165) is 45.1 Å². The van der Waals surface area contributed by atoms with Crippen LogP contribution in [-0.4, -0.2) is 85.1 Å². The molecule has 1 amide bonds. The summed E-state index contributed by atoms with van der Waals surface area (Å²) < 4.78 is 0. The SMILES string of the molecule is Cc1ccc(C)c(N2CCN(C(=O)c3cc(N4CCN(C)CC4)ncn3)CC2)c1. The zero-order chi connectivity index (χ0) is 20.4. The molecule has 1 aromatic heterocycles. The molecular formula is C22H30N6O. The molecule has 0 atom stereocenters. The Balaban J connectivity index is 1.41. The van der Waals surface area contributed by atoms with Crippen molar-refractivity contribution >= 4 is 17.4 Å². The molecule has 2 fully saturated rings. The zero-order valence-electron chi connectivity index (χ0n) is 17.6. The van der Waals surface area contributed by atoms with Crippen molar-refractivity contribution in [1.82, 2.24) is 19.8 Å². The number of amides is 1. The summed E-state index contributed by atoms with van der Waals surface area (Å²) in [7, 11) is 2.13. The van der Waals surface area contributed by atoms with Gasteiger partial charge < -0.3 is 19.6 Å². The molecule has 0 spiro atoms. The topological polar surface area (TPSA) is 55.8 Å². The van der Waals surface area contributed by atoms with Crippen LogP contribution < -0.4 is 9.80 Å². The molecule has 2 aliphatic heterocycles. The number of aromatic nitrogens is 2. The van der Waals surface area contributed by atoms with Crippen LogP contribution in [0.25, 0.3) is 0 Å². The number of likely N-dealkylation sites (N-methyl/N-ethyl adjacent to an activating group) is 1. The first kappa shape index (κ1) is 19.6. The van der Waals surface area contributed by atoms with E-state index in [2.05, 4.69) is 63.8 Å². The normalized spacial score (nSPS) is 18.2. The van der Waals surface area contributed by atoms with E-state index >= 15 is 0 Å². The Morgan fingerprint density at radius 2 is 1.55 bits per heavy atom. The third-order valence-corrected chi connectivity index (χ3v) is 5.97. The highest BCUT2D eigenvalue weighted by Gasteiger charge is 2.25. The van der Waals surface area contributed by atoms with Gasteiger partial charge in [0.05, 0.1) is 0 Å². The van der Waals surface area contributed by atoms with Crippen molar-refractivity contribution in [3.05, 3.63) is 47.4 Å². The summed E-state index contributed by atoms with van der Waals surface area (Å²) in [6.45, 7) is 11.2. The largest absolute Gasteiger partial charge is 0.368 e. The van der Waals surface area contributed by atoms with Gasteiger partial charge >= 0.3 is 0 Å². The number of anilines is 2. The number of hydrogen-bond acceptors (Lipinski definition) is 6. The van der Waals surface area contributed by atoms with Gasteiger partial charge in [0.25, 0.3) is 5.91 Å². The van der Waals surface area contributed by atoms with Gasteiger partial charge in [0.1, 0.15) is 17.8 Å². The molecular weight excluding hydrogens is 364 g/mol. The van der Waals surface area contributed by atoms with Gasteiger partial charge in [0.2, 0.25) is 0 Å². The molecule has 2 aromatic rings. The first-order valence-electron chi connectivity index (χ1n) is 10.4. The lowest BCUT2D eigenvalue weighted by Gasteiger charge is -2.37. The number of carbonyl (C=O) groups is 1. The molecule has 0 saturated carbocycles. The molecule has 0 radical (unpaired) electrons. The lowest BCUT2D eigenvalue weighted by molar-refractivity contribution is 0.0740. The Hall–Kier alpha value is -2.67.